The highest BCUT2D eigenvalue weighted by molar-refractivity contribution is 8.00. The van der Waals surface area contributed by atoms with Crippen LogP contribution in [0.4, 0.5) is 0 Å². The van der Waals surface area contributed by atoms with Gasteiger partial charge >= 0.3 is 5.97 Å². The Bertz CT molecular complexity index is 600. The minimum Gasteiger partial charge on any atom is -0.468 e. The van der Waals surface area contributed by atoms with Gasteiger partial charge in [0.15, 0.2) is 5.69 Å². The van der Waals surface area contributed by atoms with Crippen LogP contribution in [-0.2, 0) is 9.53 Å². The van der Waals surface area contributed by atoms with Gasteiger partial charge in [-0.1, -0.05) is 17.8 Å². The van der Waals surface area contributed by atoms with E-state index in [1.54, 1.807) is 4.40 Å². The number of pyridine rings is 1. The number of nitrogens with zero attached hydrogens (tertiary/aromatic N) is 3. The Balaban J connectivity index is 2.37. The molecule has 86 valence electrons. The smallest absolute Gasteiger partial charge is 0.316 e. The molecule has 0 fully saturated rings. The van der Waals surface area contributed by atoms with E-state index >= 15 is 0 Å². The SMILES string of the molecule is COC(=O)CSc1c(C#N)nc2ccccn12. The Morgan fingerprint density at radius 2 is 2.47 bits per heavy atom. The molecule has 0 aliphatic carbocycles. The van der Waals surface area contributed by atoms with Gasteiger partial charge in [-0.05, 0) is 12.1 Å². The monoisotopic (exact) mass is 247 g/mol. The average molecular weight is 247 g/mol. The zero-order chi connectivity index (χ0) is 12.3. The van der Waals surface area contributed by atoms with Gasteiger partial charge < -0.3 is 4.74 Å². The van der Waals surface area contributed by atoms with E-state index in [4.69, 9.17) is 5.26 Å². The maximum atomic E-state index is 11.1. The van der Waals surface area contributed by atoms with Crippen molar-refractivity contribution >= 4 is 23.4 Å². The predicted octanol–water partition coefficient (Wildman–Crippen LogP) is 1.47. The molecule has 0 bridgehead atoms. The third-order valence-corrected chi connectivity index (χ3v) is 3.19. The minimum absolute atomic E-state index is 0.161. The molecule has 0 spiro atoms. The van der Waals surface area contributed by atoms with Crippen molar-refractivity contribution in [1.29, 1.82) is 5.26 Å². The highest BCUT2D eigenvalue weighted by atomic mass is 32.2. The van der Waals surface area contributed by atoms with Crippen molar-refractivity contribution < 1.29 is 9.53 Å². The quantitative estimate of drug-likeness (QED) is 0.607. The molecule has 0 N–H and O–H groups in total. The minimum atomic E-state index is -0.329. The number of carbonyl (C=O) groups excluding carboxylic acids is 1. The molecule has 5 nitrogen and oxygen atoms in total. The van der Waals surface area contributed by atoms with Crippen LogP contribution in [0.25, 0.3) is 5.65 Å². The summed E-state index contributed by atoms with van der Waals surface area (Å²) < 4.78 is 6.35. The van der Waals surface area contributed by atoms with Crippen LogP contribution in [0.2, 0.25) is 0 Å². The second-order valence-electron chi connectivity index (χ2n) is 3.17. The summed E-state index contributed by atoms with van der Waals surface area (Å²) in [5, 5.41) is 9.65. The first-order valence-corrected chi connectivity index (χ1v) is 5.81. The zero-order valence-corrected chi connectivity index (χ0v) is 9.90. The molecular weight excluding hydrogens is 238 g/mol. The van der Waals surface area contributed by atoms with Crippen LogP contribution in [0, 0.1) is 11.3 Å². The molecule has 6 heteroatoms. The standard InChI is InChI=1S/C11H9N3O2S/c1-16-10(15)7-17-11-8(6-12)13-9-4-2-3-5-14(9)11/h2-5H,7H2,1H3. The lowest BCUT2D eigenvalue weighted by Gasteiger charge is -2.00. The maximum absolute atomic E-state index is 11.1. The van der Waals surface area contributed by atoms with E-state index < -0.39 is 0 Å². The molecule has 0 saturated carbocycles. The van der Waals surface area contributed by atoms with Crippen LogP contribution in [0.1, 0.15) is 5.69 Å². The van der Waals surface area contributed by atoms with E-state index in [1.807, 2.05) is 30.5 Å². The normalized spacial score (nSPS) is 10.1. The summed E-state index contributed by atoms with van der Waals surface area (Å²) in [7, 11) is 1.34. The van der Waals surface area contributed by atoms with Gasteiger partial charge in [-0.2, -0.15) is 5.26 Å². The van der Waals surface area contributed by atoms with Gasteiger partial charge in [-0.15, -0.1) is 0 Å². The third-order valence-electron chi connectivity index (χ3n) is 2.15. The van der Waals surface area contributed by atoms with Crippen LogP contribution in [0.3, 0.4) is 0 Å². The summed E-state index contributed by atoms with van der Waals surface area (Å²) in [6.07, 6.45) is 1.81. The number of nitriles is 1. The number of fused-ring (bicyclic) bond motifs is 1. The first kappa shape index (κ1) is 11.5. The molecule has 0 aliphatic heterocycles. The van der Waals surface area contributed by atoms with Crippen LogP contribution in [0.5, 0.6) is 0 Å². The van der Waals surface area contributed by atoms with Crippen LogP contribution in [-0.4, -0.2) is 28.2 Å². The molecule has 0 aliphatic rings. The average Bonchev–Trinajstić information content (AvgIpc) is 2.73. The van der Waals surface area contributed by atoms with Gasteiger partial charge in [-0.3, -0.25) is 9.20 Å². The maximum Gasteiger partial charge on any atom is 0.316 e. The van der Waals surface area contributed by atoms with Crippen LogP contribution in [0.15, 0.2) is 29.4 Å². The van der Waals surface area contributed by atoms with E-state index in [0.717, 1.165) is 0 Å². The number of hydrogen-bond donors (Lipinski definition) is 0. The van der Waals surface area contributed by atoms with Gasteiger partial charge in [0.05, 0.1) is 12.9 Å². The molecule has 17 heavy (non-hydrogen) atoms. The van der Waals surface area contributed by atoms with Crippen molar-refractivity contribution in [2.24, 2.45) is 0 Å². The van der Waals surface area contributed by atoms with Gasteiger partial charge in [-0.25, -0.2) is 4.98 Å². The Morgan fingerprint density at radius 1 is 1.65 bits per heavy atom. The number of rotatable bonds is 3. The van der Waals surface area contributed by atoms with Crippen molar-refractivity contribution in [3.05, 3.63) is 30.1 Å². The largest absolute Gasteiger partial charge is 0.468 e. The van der Waals surface area contributed by atoms with E-state index in [9.17, 15) is 4.79 Å². The number of carbonyl (C=O) groups is 1. The second kappa shape index (κ2) is 4.89. The third kappa shape index (κ3) is 2.24. The van der Waals surface area contributed by atoms with Crippen molar-refractivity contribution in [3.8, 4) is 6.07 Å². The number of imidazole rings is 1. The summed E-state index contributed by atoms with van der Waals surface area (Å²) in [5.41, 5.74) is 1.02. The lowest BCUT2D eigenvalue weighted by Crippen LogP contribution is -2.03. The fourth-order valence-electron chi connectivity index (χ4n) is 1.37. The van der Waals surface area contributed by atoms with Crippen molar-refractivity contribution in [3.63, 3.8) is 0 Å². The zero-order valence-electron chi connectivity index (χ0n) is 9.08. The number of methoxy groups -OCH3 is 1. The molecule has 0 amide bonds. The van der Waals surface area contributed by atoms with Gasteiger partial charge in [0.25, 0.3) is 0 Å². The summed E-state index contributed by atoms with van der Waals surface area (Å²) in [6, 6.07) is 7.52. The van der Waals surface area contributed by atoms with E-state index in [2.05, 4.69) is 9.72 Å². The van der Waals surface area contributed by atoms with Crippen LogP contribution < -0.4 is 0 Å². The Hall–Kier alpha value is -2.00. The van der Waals surface area contributed by atoms with Crippen LogP contribution >= 0.6 is 11.8 Å². The predicted molar refractivity (Wildman–Crippen MR) is 62.6 cm³/mol. The Morgan fingerprint density at radius 3 is 3.18 bits per heavy atom. The molecule has 0 aromatic carbocycles. The fraction of sp³-hybridized carbons (Fsp3) is 0.182. The number of hydrogen-bond acceptors (Lipinski definition) is 5. The Labute approximate surface area is 102 Å². The first-order valence-electron chi connectivity index (χ1n) is 4.83. The van der Waals surface area contributed by atoms with Crippen molar-refractivity contribution in [1.82, 2.24) is 9.38 Å². The molecule has 2 heterocycles. The van der Waals surface area contributed by atoms with Crippen molar-refractivity contribution in [2.75, 3.05) is 12.9 Å². The summed E-state index contributed by atoms with van der Waals surface area (Å²) in [4.78, 5) is 15.3. The summed E-state index contributed by atoms with van der Waals surface area (Å²) in [5.74, 6) is -0.168. The van der Waals surface area contributed by atoms with Crippen molar-refractivity contribution in [2.45, 2.75) is 5.03 Å². The molecule has 0 saturated heterocycles. The second-order valence-corrected chi connectivity index (χ2v) is 4.14. The fourth-order valence-corrected chi connectivity index (χ4v) is 2.26. The number of aromatic nitrogens is 2. The lowest BCUT2D eigenvalue weighted by atomic mass is 10.5. The molecule has 2 rings (SSSR count). The number of esters is 1. The molecule has 2 aromatic heterocycles. The highest BCUT2D eigenvalue weighted by Gasteiger charge is 2.13. The topological polar surface area (TPSA) is 67.4 Å². The molecule has 2 aromatic rings. The highest BCUT2D eigenvalue weighted by Crippen LogP contribution is 2.23. The van der Waals surface area contributed by atoms with E-state index in [1.165, 1.54) is 18.9 Å². The van der Waals surface area contributed by atoms with E-state index in [-0.39, 0.29) is 11.7 Å². The molecular formula is C11H9N3O2S. The van der Waals surface area contributed by atoms with Gasteiger partial charge in [0.1, 0.15) is 16.7 Å². The lowest BCUT2D eigenvalue weighted by molar-refractivity contribution is -0.137. The summed E-state index contributed by atoms with van der Waals surface area (Å²) in [6.45, 7) is 0. The number of thioether (sulfide) groups is 1. The molecule has 0 unspecified atom stereocenters. The summed E-state index contributed by atoms with van der Waals surface area (Å²) >= 11 is 1.24. The Kier molecular flexibility index (Phi) is 3.30. The van der Waals surface area contributed by atoms with E-state index in [0.29, 0.717) is 16.4 Å². The molecule has 0 atom stereocenters. The molecule has 0 radical (unpaired) electrons. The first-order chi connectivity index (χ1) is 8.26. The van der Waals surface area contributed by atoms with Gasteiger partial charge in [0.2, 0.25) is 0 Å². The number of ether oxygens (including phenoxy) is 1. The van der Waals surface area contributed by atoms with Gasteiger partial charge in [0, 0.05) is 6.20 Å².